The lowest BCUT2D eigenvalue weighted by atomic mass is 9.95. The van der Waals surface area contributed by atoms with Crippen molar-refractivity contribution in [2.45, 2.75) is 39.4 Å². The zero-order chi connectivity index (χ0) is 19.1. The van der Waals surface area contributed by atoms with Gasteiger partial charge in [-0.2, -0.15) is 0 Å². The van der Waals surface area contributed by atoms with E-state index in [4.69, 9.17) is 4.74 Å². The van der Waals surface area contributed by atoms with E-state index in [1.165, 1.54) is 11.3 Å². The van der Waals surface area contributed by atoms with Crippen LogP contribution in [0.2, 0.25) is 0 Å². The topological polar surface area (TPSA) is 59.4 Å². The number of hydrogen-bond donors (Lipinski definition) is 1. The third-order valence-corrected chi connectivity index (χ3v) is 5.27. The number of rotatable bonds is 8. The number of imidazole rings is 1. The minimum atomic E-state index is 0.116. The highest BCUT2D eigenvalue weighted by molar-refractivity contribution is 5.78. The zero-order valence-electron chi connectivity index (χ0n) is 16.4. The molecule has 0 bridgehead atoms. The molecule has 1 amide bonds. The first-order chi connectivity index (χ1) is 13.2. The van der Waals surface area contributed by atoms with Crippen molar-refractivity contribution in [3.63, 3.8) is 0 Å². The summed E-state index contributed by atoms with van der Waals surface area (Å²) in [6, 6.07) is 8.31. The van der Waals surface area contributed by atoms with Gasteiger partial charge in [-0.15, -0.1) is 0 Å². The Hall–Kier alpha value is -2.18. The van der Waals surface area contributed by atoms with E-state index in [0.717, 1.165) is 44.6 Å². The molecule has 2 heterocycles. The first-order valence-electron chi connectivity index (χ1n) is 9.69. The van der Waals surface area contributed by atoms with Crippen molar-refractivity contribution < 1.29 is 9.53 Å². The summed E-state index contributed by atoms with van der Waals surface area (Å²) in [5, 5.41) is 3.10. The number of ether oxygens (including phenoxy) is 1. The Kier molecular flexibility index (Phi) is 7.01. The predicted molar refractivity (Wildman–Crippen MR) is 105 cm³/mol. The number of carbonyl (C=O) groups is 1. The molecular weight excluding hydrogens is 340 g/mol. The lowest BCUT2D eigenvalue weighted by Crippen LogP contribution is -2.40. The maximum atomic E-state index is 12.5. The number of aromatic nitrogens is 2. The summed E-state index contributed by atoms with van der Waals surface area (Å²) in [5.74, 6) is 0.297. The van der Waals surface area contributed by atoms with Gasteiger partial charge in [0.1, 0.15) is 0 Å². The third-order valence-electron chi connectivity index (χ3n) is 5.27. The van der Waals surface area contributed by atoms with Crippen LogP contribution in [-0.4, -0.2) is 47.2 Å². The van der Waals surface area contributed by atoms with Gasteiger partial charge < -0.3 is 14.6 Å². The fourth-order valence-electron chi connectivity index (χ4n) is 3.49. The number of nitrogens with zero attached hydrogens (tertiary/aromatic N) is 3. The normalized spacial score (nSPS) is 15.8. The van der Waals surface area contributed by atoms with Gasteiger partial charge in [-0.25, -0.2) is 4.98 Å². The van der Waals surface area contributed by atoms with Gasteiger partial charge >= 0.3 is 0 Å². The van der Waals surface area contributed by atoms with Crippen LogP contribution in [0.5, 0.6) is 0 Å². The molecule has 1 fully saturated rings. The predicted octanol–water partition coefficient (Wildman–Crippen LogP) is 2.37. The van der Waals surface area contributed by atoms with E-state index in [-0.39, 0.29) is 11.8 Å². The summed E-state index contributed by atoms with van der Waals surface area (Å²) < 4.78 is 7.30. The molecule has 146 valence electrons. The Bertz CT molecular complexity index is 718. The van der Waals surface area contributed by atoms with Crippen LogP contribution < -0.4 is 5.32 Å². The van der Waals surface area contributed by atoms with Crippen LogP contribution in [-0.2, 0) is 29.2 Å². The molecule has 1 aromatic heterocycles. The second-order valence-corrected chi connectivity index (χ2v) is 7.32. The molecule has 0 saturated carbocycles. The second kappa shape index (κ2) is 9.67. The highest BCUT2D eigenvalue weighted by atomic mass is 16.5. The molecule has 0 aliphatic carbocycles. The number of hydrogen-bond acceptors (Lipinski definition) is 4. The molecule has 0 radical (unpaired) electrons. The molecule has 2 aromatic rings. The van der Waals surface area contributed by atoms with Crippen molar-refractivity contribution in [3.05, 3.63) is 53.6 Å². The number of benzene rings is 1. The molecule has 1 N–H and O–H groups in total. The zero-order valence-corrected chi connectivity index (χ0v) is 16.4. The van der Waals surface area contributed by atoms with Crippen LogP contribution in [0.1, 0.15) is 29.7 Å². The van der Waals surface area contributed by atoms with Crippen LogP contribution in [0.3, 0.4) is 0 Å². The van der Waals surface area contributed by atoms with Crippen molar-refractivity contribution >= 4 is 5.91 Å². The van der Waals surface area contributed by atoms with Crippen LogP contribution >= 0.6 is 0 Å². The van der Waals surface area contributed by atoms with E-state index in [2.05, 4.69) is 51.0 Å². The highest BCUT2D eigenvalue weighted by Gasteiger charge is 2.25. The van der Waals surface area contributed by atoms with Crippen LogP contribution in [0.4, 0.5) is 0 Å². The maximum absolute atomic E-state index is 12.5. The number of methoxy groups -OCH3 is 1. The van der Waals surface area contributed by atoms with E-state index in [1.807, 2.05) is 12.5 Å². The Morgan fingerprint density at radius 1 is 1.26 bits per heavy atom. The molecule has 0 atom stereocenters. The summed E-state index contributed by atoms with van der Waals surface area (Å²) in [5.41, 5.74) is 3.59. The first-order valence-corrected chi connectivity index (χ1v) is 9.69. The van der Waals surface area contributed by atoms with Crippen molar-refractivity contribution in [2.75, 3.05) is 26.8 Å². The Labute approximate surface area is 161 Å². The standard InChI is InChI=1S/C21H30N4O2/c1-17-3-5-18(6-4-17)13-23-21(26)19-7-9-24(10-8-19)15-20-14-22-16-25(20)11-12-27-2/h3-6,14,16,19H,7-13,15H2,1-2H3,(H,23,26). The highest BCUT2D eigenvalue weighted by Crippen LogP contribution is 2.19. The summed E-state index contributed by atoms with van der Waals surface area (Å²) in [4.78, 5) is 19.1. The van der Waals surface area contributed by atoms with E-state index in [9.17, 15) is 4.79 Å². The molecule has 0 unspecified atom stereocenters. The minimum Gasteiger partial charge on any atom is -0.383 e. The van der Waals surface area contributed by atoms with Crippen molar-refractivity contribution in [1.82, 2.24) is 19.8 Å². The monoisotopic (exact) mass is 370 g/mol. The van der Waals surface area contributed by atoms with Gasteiger partial charge in [-0.1, -0.05) is 29.8 Å². The smallest absolute Gasteiger partial charge is 0.223 e. The van der Waals surface area contributed by atoms with E-state index in [0.29, 0.717) is 13.2 Å². The molecule has 1 aromatic carbocycles. The summed E-state index contributed by atoms with van der Waals surface area (Å²) in [7, 11) is 1.71. The van der Waals surface area contributed by atoms with E-state index in [1.54, 1.807) is 7.11 Å². The molecule has 1 saturated heterocycles. The fourth-order valence-corrected chi connectivity index (χ4v) is 3.49. The maximum Gasteiger partial charge on any atom is 0.223 e. The molecule has 1 aliphatic rings. The van der Waals surface area contributed by atoms with Crippen LogP contribution in [0.25, 0.3) is 0 Å². The van der Waals surface area contributed by atoms with Gasteiger partial charge in [0.2, 0.25) is 5.91 Å². The molecule has 3 rings (SSSR count). The number of likely N-dealkylation sites (tertiary alicyclic amines) is 1. The fraction of sp³-hybridized carbons (Fsp3) is 0.524. The number of carbonyl (C=O) groups excluding carboxylic acids is 1. The number of nitrogens with one attached hydrogen (secondary N) is 1. The molecular formula is C21H30N4O2. The number of piperidine rings is 1. The molecule has 0 spiro atoms. The van der Waals surface area contributed by atoms with Gasteiger partial charge in [0.15, 0.2) is 0 Å². The van der Waals surface area contributed by atoms with E-state index < -0.39 is 0 Å². The third kappa shape index (κ3) is 5.65. The Morgan fingerprint density at radius 2 is 2.00 bits per heavy atom. The second-order valence-electron chi connectivity index (χ2n) is 7.32. The van der Waals surface area contributed by atoms with E-state index >= 15 is 0 Å². The largest absolute Gasteiger partial charge is 0.383 e. The summed E-state index contributed by atoms with van der Waals surface area (Å²) >= 11 is 0. The van der Waals surface area contributed by atoms with Crippen molar-refractivity contribution in [1.29, 1.82) is 0 Å². The Morgan fingerprint density at radius 3 is 2.70 bits per heavy atom. The van der Waals surface area contributed by atoms with Gasteiger partial charge in [0, 0.05) is 38.9 Å². The van der Waals surface area contributed by atoms with Gasteiger partial charge in [-0.05, 0) is 38.4 Å². The minimum absolute atomic E-state index is 0.116. The molecule has 27 heavy (non-hydrogen) atoms. The lowest BCUT2D eigenvalue weighted by Gasteiger charge is -2.31. The Balaban J connectivity index is 1.42. The lowest BCUT2D eigenvalue weighted by molar-refractivity contribution is -0.126. The SMILES string of the molecule is COCCn1cncc1CN1CCC(C(=O)NCc2ccc(C)cc2)CC1. The molecule has 6 nitrogen and oxygen atoms in total. The van der Waals surface area contributed by atoms with Gasteiger partial charge in [0.05, 0.1) is 18.6 Å². The van der Waals surface area contributed by atoms with Crippen molar-refractivity contribution in [2.24, 2.45) is 5.92 Å². The van der Waals surface area contributed by atoms with Gasteiger partial charge in [0.25, 0.3) is 0 Å². The average molecular weight is 370 g/mol. The van der Waals surface area contributed by atoms with Crippen LogP contribution in [0, 0.1) is 12.8 Å². The number of aryl methyl sites for hydroxylation is 1. The first kappa shape index (κ1) is 19.6. The molecule has 6 heteroatoms. The number of amides is 1. The summed E-state index contributed by atoms with van der Waals surface area (Å²) in [6.07, 6.45) is 5.60. The quantitative estimate of drug-likeness (QED) is 0.775. The van der Waals surface area contributed by atoms with Crippen LogP contribution in [0.15, 0.2) is 36.8 Å². The van der Waals surface area contributed by atoms with Gasteiger partial charge in [-0.3, -0.25) is 9.69 Å². The average Bonchev–Trinajstić information content (AvgIpc) is 3.13. The van der Waals surface area contributed by atoms with Crippen molar-refractivity contribution in [3.8, 4) is 0 Å². The summed E-state index contributed by atoms with van der Waals surface area (Å²) in [6.45, 7) is 6.95. The molecule has 1 aliphatic heterocycles.